The first-order valence-electron chi connectivity index (χ1n) is 8.53. The van der Waals surface area contributed by atoms with Gasteiger partial charge in [0.2, 0.25) is 0 Å². The lowest BCUT2D eigenvalue weighted by atomic mass is 9.99. The van der Waals surface area contributed by atoms with E-state index in [-0.39, 0.29) is 19.0 Å². The van der Waals surface area contributed by atoms with E-state index in [2.05, 4.69) is 0 Å². The number of para-hydroxylation sites is 2. The van der Waals surface area contributed by atoms with Crippen LogP contribution < -0.4 is 9.64 Å². The number of anilines is 2. The molecule has 2 saturated heterocycles. The number of alkyl halides is 3. The Bertz CT molecular complexity index is 953. The topological polar surface area (TPSA) is 57.2 Å². The quantitative estimate of drug-likeness (QED) is 0.711. The summed E-state index contributed by atoms with van der Waals surface area (Å²) in [4.78, 5) is 1.82. The lowest BCUT2D eigenvalue weighted by Gasteiger charge is -2.42. The molecule has 0 spiro atoms. The van der Waals surface area contributed by atoms with Crippen molar-refractivity contribution in [3.63, 3.8) is 0 Å². The molecule has 0 bridgehead atoms. The van der Waals surface area contributed by atoms with Crippen LogP contribution in [0.5, 0.6) is 11.5 Å². The molecule has 1 unspecified atom stereocenters. The molecule has 3 aliphatic rings. The Hall–Kier alpha value is -2.14. The number of rotatable bonds is 1. The molecule has 0 radical (unpaired) electrons. The molecule has 4 atom stereocenters. The normalized spacial score (nSPS) is 28.9. The molecule has 0 aliphatic carbocycles. The van der Waals surface area contributed by atoms with Gasteiger partial charge >= 0.3 is 17.5 Å². The summed E-state index contributed by atoms with van der Waals surface area (Å²) in [5.41, 5.74) is 0.303. The number of hydrogen-bond acceptors (Lipinski definition) is 6. The molecule has 2 aromatic carbocycles. The SMILES string of the molecule is O=S1O[C@H]2[C@H](COC[C@@H]2N2c3ccccc3Oc3cc(C(F)(F)F)ccc32)O1. The maximum Gasteiger partial charge on any atom is 0.416 e. The van der Waals surface area contributed by atoms with Gasteiger partial charge in [-0.25, -0.2) is 0 Å². The molecule has 0 saturated carbocycles. The summed E-state index contributed by atoms with van der Waals surface area (Å²) < 4.78 is 73.3. The molecule has 0 amide bonds. The van der Waals surface area contributed by atoms with Crippen LogP contribution in [0.2, 0.25) is 0 Å². The molecule has 3 heterocycles. The number of benzene rings is 2. The van der Waals surface area contributed by atoms with E-state index in [0.717, 1.165) is 12.1 Å². The third-order valence-electron chi connectivity index (χ3n) is 4.93. The summed E-state index contributed by atoms with van der Waals surface area (Å²) in [5, 5.41) is 0. The molecule has 2 fully saturated rings. The van der Waals surface area contributed by atoms with Crippen LogP contribution in [0.1, 0.15) is 5.56 Å². The summed E-state index contributed by atoms with van der Waals surface area (Å²) in [5.74, 6) is 0.493. The molecule has 10 heteroatoms. The Kier molecular flexibility index (Phi) is 4.13. The van der Waals surface area contributed by atoms with Crippen molar-refractivity contribution in [3.8, 4) is 11.5 Å². The van der Waals surface area contributed by atoms with Crippen LogP contribution in [0.15, 0.2) is 42.5 Å². The molecule has 2 aromatic rings. The van der Waals surface area contributed by atoms with Gasteiger partial charge in [0.1, 0.15) is 12.2 Å². The largest absolute Gasteiger partial charge is 0.453 e. The molecule has 28 heavy (non-hydrogen) atoms. The monoisotopic (exact) mass is 413 g/mol. The van der Waals surface area contributed by atoms with Gasteiger partial charge in [-0.2, -0.15) is 17.4 Å². The van der Waals surface area contributed by atoms with Crippen molar-refractivity contribution >= 4 is 22.7 Å². The number of fused-ring (bicyclic) bond motifs is 3. The van der Waals surface area contributed by atoms with Gasteiger partial charge < -0.3 is 14.4 Å². The van der Waals surface area contributed by atoms with Crippen molar-refractivity contribution in [3.05, 3.63) is 48.0 Å². The van der Waals surface area contributed by atoms with Crippen LogP contribution in [-0.4, -0.2) is 35.7 Å². The first-order chi connectivity index (χ1) is 13.4. The van der Waals surface area contributed by atoms with Crippen molar-refractivity contribution in [2.45, 2.75) is 24.4 Å². The third-order valence-corrected chi connectivity index (χ3v) is 5.71. The zero-order chi connectivity index (χ0) is 19.5. The molecule has 6 nitrogen and oxygen atoms in total. The summed E-state index contributed by atoms with van der Waals surface area (Å²) in [6, 6.07) is 9.91. The molecule has 3 aliphatic heterocycles. The highest BCUT2D eigenvalue weighted by Gasteiger charge is 2.48. The van der Waals surface area contributed by atoms with Crippen molar-refractivity contribution in [2.75, 3.05) is 18.1 Å². The van der Waals surface area contributed by atoms with E-state index in [1.807, 2.05) is 4.90 Å². The standard InChI is InChI=1S/C18H14F3NO5S/c19-18(20,21)10-5-6-12-15(7-10)25-14-4-2-1-3-11(14)22(12)13-8-24-9-16-17(13)27-28(23)26-16/h1-7,13,16-17H,8-9H2/t13-,16-,17+,28?/m0/s1. The van der Waals surface area contributed by atoms with E-state index in [4.69, 9.17) is 17.8 Å². The van der Waals surface area contributed by atoms with Gasteiger partial charge in [0.05, 0.1) is 36.2 Å². The molecule has 5 rings (SSSR count). The molecular weight excluding hydrogens is 399 g/mol. The van der Waals surface area contributed by atoms with Crippen LogP contribution in [0.25, 0.3) is 0 Å². The van der Waals surface area contributed by atoms with E-state index in [1.165, 1.54) is 6.07 Å². The van der Waals surface area contributed by atoms with E-state index in [1.54, 1.807) is 24.3 Å². The third kappa shape index (κ3) is 2.87. The van der Waals surface area contributed by atoms with E-state index in [0.29, 0.717) is 17.1 Å². The van der Waals surface area contributed by atoms with Crippen molar-refractivity contribution in [2.24, 2.45) is 0 Å². The number of halogens is 3. The predicted molar refractivity (Wildman–Crippen MR) is 92.6 cm³/mol. The van der Waals surface area contributed by atoms with E-state index >= 15 is 0 Å². The number of ether oxygens (including phenoxy) is 2. The Morgan fingerprint density at radius 2 is 1.79 bits per heavy atom. The number of hydrogen-bond donors (Lipinski definition) is 0. The zero-order valence-corrected chi connectivity index (χ0v) is 15.0. The van der Waals surface area contributed by atoms with Gasteiger partial charge in [-0.1, -0.05) is 12.1 Å². The van der Waals surface area contributed by atoms with Gasteiger partial charge in [0.15, 0.2) is 11.5 Å². The van der Waals surface area contributed by atoms with Crippen LogP contribution >= 0.6 is 0 Å². The van der Waals surface area contributed by atoms with Crippen molar-refractivity contribution in [1.82, 2.24) is 0 Å². The van der Waals surface area contributed by atoms with Crippen molar-refractivity contribution in [1.29, 1.82) is 0 Å². The fraction of sp³-hybridized carbons (Fsp3) is 0.333. The van der Waals surface area contributed by atoms with Crippen LogP contribution in [-0.2, 0) is 30.6 Å². The summed E-state index contributed by atoms with van der Waals surface area (Å²) in [7, 11) is 0. The maximum atomic E-state index is 13.2. The van der Waals surface area contributed by atoms with Gasteiger partial charge in [-0.05, 0) is 30.3 Å². The van der Waals surface area contributed by atoms with Gasteiger partial charge in [-0.3, -0.25) is 8.37 Å². The minimum atomic E-state index is -4.49. The fourth-order valence-corrected chi connectivity index (χ4v) is 4.55. The predicted octanol–water partition coefficient (Wildman–Crippen LogP) is 3.71. The summed E-state index contributed by atoms with van der Waals surface area (Å²) in [6.45, 7) is 0.468. The zero-order valence-electron chi connectivity index (χ0n) is 14.2. The lowest BCUT2D eigenvalue weighted by molar-refractivity contribution is -0.137. The minimum absolute atomic E-state index is 0.0793. The Balaban J connectivity index is 1.62. The second-order valence-electron chi connectivity index (χ2n) is 6.62. The van der Waals surface area contributed by atoms with E-state index in [9.17, 15) is 17.4 Å². The summed E-state index contributed by atoms with van der Waals surface area (Å²) >= 11 is -1.89. The minimum Gasteiger partial charge on any atom is -0.453 e. The summed E-state index contributed by atoms with van der Waals surface area (Å²) in [6.07, 6.45) is -5.57. The average Bonchev–Trinajstić information content (AvgIpc) is 3.05. The van der Waals surface area contributed by atoms with Gasteiger partial charge in [0, 0.05) is 0 Å². The van der Waals surface area contributed by atoms with E-state index < -0.39 is 41.4 Å². The average molecular weight is 413 g/mol. The first kappa shape index (κ1) is 17.9. The molecular formula is C18H14F3NO5S. The molecule has 148 valence electrons. The fourth-order valence-electron chi connectivity index (χ4n) is 3.71. The lowest BCUT2D eigenvalue weighted by Crippen LogP contribution is -2.54. The maximum absolute atomic E-state index is 13.2. The van der Waals surface area contributed by atoms with Gasteiger partial charge in [-0.15, -0.1) is 0 Å². The van der Waals surface area contributed by atoms with Crippen LogP contribution in [0.4, 0.5) is 24.5 Å². The highest BCUT2D eigenvalue weighted by molar-refractivity contribution is 7.75. The number of nitrogens with zero attached hydrogens (tertiary/aromatic N) is 1. The first-order valence-corrected chi connectivity index (χ1v) is 9.53. The second kappa shape index (κ2) is 6.45. The Morgan fingerprint density at radius 3 is 2.61 bits per heavy atom. The molecule has 0 N–H and O–H groups in total. The van der Waals surface area contributed by atoms with Gasteiger partial charge in [0.25, 0.3) is 0 Å². The second-order valence-corrected chi connectivity index (χ2v) is 7.42. The smallest absolute Gasteiger partial charge is 0.416 e. The molecule has 0 aromatic heterocycles. The Labute approximate surface area is 160 Å². The van der Waals surface area contributed by atoms with Crippen LogP contribution in [0, 0.1) is 0 Å². The van der Waals surface area contributed by atoms with Crippen LogP contribution in [0.3, 0.4) is 0 Å². The highest BCUT2D eigenvalue weighted by Crippen LogP contribution is 2.50. The Morgan fingerprint density at radius 1 is 1.00 bits per heavy atom. The van der Waals surface area contributed by atoms with Crippen molar-refractivity contribution < 1.29 is 35.2 Å². The highest BCUT2D eigenvalue weighted by atomic mass is 32.2.